The van der Waals surface area contributed by atoms with E-state index in [4.69, 9.17) is 0 Å². The number of rotatable bonds is 3. The van der Waals surface area contributed by atoms with E-state index in [-0.39, 0.29) is 18.9 Å². The third kappa shape index (κ3) is 2.27. The fourth-order valence-corrected chi connectivity index (χ4v) is 3.59. The molecule has 5 heteroatoms. The Labute approximate surface area is 106 Å². The van der Waals surface area contributed by atoms with Crippen LogP contribution in [0.2, 0.25) is 0 Å². The van der Waals surface area contributed by atoms with Crippen LogP contribution in [-0.4, -0.2) is 30.3 Å². The van der Waals surface area contributed by atoms with Gasteiger partial charge >= 0.3 is 6.18 Å². The Kier molecular flexibility index (Phi) is 3.09. The second-order valence-electron chi connectivity index (χ2n) is 6.21. The molecule has 0 aromatic heterocycles. The summed E-state index contributed by atoms with van der Waals surface area (Å²) in [4.78, 5) is 0. The van der Waals surface area contributed by atoms with Gasteiger partial charge in [0.1, 0.15) is 5.54 Å². The summed E-state index contributed by atoms with van der Waals surface area (Å²) >= 11 is 0. The van der Waals surface area contributed by atoms with E-state index in [1.165, 1.54) is 25.7 Å². The Hall–Kier alpha value is -0.290. The fraction of sp³-hybridized carbons (Fsp3) is 1.00. The van der Waals surface area contributed by atoms with Crippen molar-refractivity contribution < 1.29 is 13.2 Å². The third-order valence-corrected chi connectivity index (χ3v) is 4.93. The molecule has 2 nitrogen and oxygen atoms in total. The maximum absolute atomic E-state index is 12.8. The first kappa shape index (κ1) is 12.7. The van der Waals surface area contributed by atoms with Crippen LogP contribution in [0.4, 0.5) is 13.2 Å². The average Bonchev–Trinajstić information content (AvgIpc) is 3.00. The third-order valence-electron chi connectivity index (χ3n) is 4.93. The van der Waals surface area contributed by atoms with Crippen LogP contribution in [0.5, 0.6) is 0 Å². The van der Waals surface area contributed by atoms with Crippen molar-refractivity contribution in [3.8, 4) is 0 Å². The molecule has 3 atom stereocenters. The molecule has 2 saturated carbocycles. The summed E-state index contributed by atoms with van der Waals surface area (Å²) in [6.07, 6.45) is 2.45. The van der Waals surface area contributed by atoms with Gasteiger partial charge in [-0.25, -0.2) is 0 Å². The Morgan fingerprint density at radius 1 is 1.17 bits per heavy atom. The number of hydrogen-bond acceptors (Lipinski definition) is 2. The van der Waals surface area contributed by atoms with E-state index >= 15 is 0 Å². The number of halogens is 3. The van der Waals surface area contributed by atoms with Gasteiger partial charge in [0, 0.05) is 18.6 Å². The summed E-state index contributed by atoms with van der Waals surface area (Å²) in [6, 6.07) is 0.796. The second kappa shape index (κ2) is 4.37. The van der Waals surface area contributed by atoms with Crippen LogP contribution in [-0.2, 0) is 0 Å². The predicted molar refractivity (Wildman–Crippen MR) is 63.3 cm³/mol. The van der Waals surface area contributed by atoms with Gasteiger partial charge in [0.2, 0.25) is 0 Å². The van der Waals surface area contributed by atoms with Gasteiger partial charge in [0.25, 0.3) is 0 Å². The molecular formula is C13H21F3N2. The van der Waals surface area contributed by atoms with Crippen LogP contribution in [0.3, 0.4) is 0 Å². The SMILES string of the molecule is FC(F)(F)C1(NCC2CC3CCCCC3N2)CC1. The van der Waals surface area contributed by atoms with Crippen LogP contribution in [0, 0.1) is 5.92 Å². The molecule has 3 fully saturated rings. The van der Waals surface area contributed by atoms with E-state index in [1.807, 2.05) is 0 Å². The van der Waals surface area contributed by atoms with E-state index in [0.717, 1.165) is 6.42 Å². The molecule has 0 spiro atoms. The van der Waals surface area contributed by atoms with Crippen LogP contribution in [0.25, 0.3) is 0 Å². The highest BCUT2D eigenvalue weighted by Crippen LogP contribution is 2.49. The van der Waals surface area contributed by atoms with Crippen molar-refractivity contribution >= 4 is 0 Å². The molecule has 0 radical (unpaired) electrons. The number of fused-ring (bicyclic) bond motifs is 1. The van der Waals surface area contributed by atoms with Crippen molar-refractivity contribution in [2.75, 3.05) is 6.54 Å². The monoisotopic (exact) mass is 262 g/mol. The van der Waals surface area contributed by atoms with Crippen LogP contribution >= 0.6 is 0 Å². The van der Waals surface area contributed by atoms with Gasteiger partial charge in [-0.3, -0.25) is 0 Å². The molecule has 104 valence electrons. The summed E-state index contributed by atoms with van der Waals surface area (Å²) in [6.45, 7) is 0.465. The maximum atomic E-state index is 12.8. The first-order chi connectivity index (χ1) is 8.50. The molecule has 0 aromatic carbocycles. The Morgan fingerprint density at radius 2 is 1.89 bits per heavy atom. The highest BCUT2D eigenvalue weighted by atomic mass is 19.4. The quantitative estimate of drug-likeness (QED) is 0.817. The molecule has 1 aliphatic heterocycles. The van der Waals surface area contributed by atoms with Gasteiger partial charge in [-0.1, -0.05) is 12.8 Å². The van der Waals surface area contributed by atoms with E-state index in [2.05, 4.69) is 10.6 Å². The normalized spacial score (nSPS) is 38.5. The largest absolute Gasteiger partial charge is 0.406 e. The number of hydrogen-bond donors (Lipinski definition) is 2. The first-order valence-electron chi connectivity index (χ1n) is 7.08. The van der Waals surface area contributed by atoms with Crippen molar-refractivity contribution in [2.45, 2.75) is 68.7 Å². The van der Waals surface area contributed by atoms with Crippen molar-refractivity contribution in [1.29, 1.82) is 0 Å². The summed E-state index contributed by atoms with van der Waals surface area (Å²) in [7, 11) is 0. The molecule has 18 heavy (non-hydrogen) atoms. The summed E-state index contributed by atoms with van der Waals surface area (Å²) in [5.41, 5.74) is -1.55. The molecule has 3 unspecified atom stereocenters. The maximum Gasteiger partial charge on any atom is 0.406 e. The minimum Gasteiger partial charge on any atom is -0.310 e. The smallest absolute Gasteiger partial charge is 0.310 e. The van der Waals surface area contributed by atoms with Crippen molar-refractivity contribution in [2.24, 2.45) is 5.92 Å². The molecular weight excluding hydrogens is 241 g/mol. The van der Waals surface area contributed by atoms with E-state index in [1.54, 1.807) is 0 Å². The molecule has 0 aromatic rings. The Morgan fingerprint density at radius 3 is 2.50 bits per heavy atom. The van der Waals surface area contributed by atoms with Gasteiger partial charge in [-0.05, 0) is 38.0 Å². The Bertz CT molecular complexity index is 298. The lowest BCUT2D eigenvalue weighted by molar-refractivity contribution is -0.165. The lowest BCUT2D eigenvalue weighted by Crippen LogP contribution is -2.49. The summed E-state index contributed by atoms with van der Waals surface area (Å²) < 4.78 is 38.3. The van der Waals surface area contributed by atoms with Crippen LogP contribution < -0.4 is 10.6 Å². The van der Waals surface area contributed by atoms with Gasteiger partial charge in [-0.15, -0.1) is 0 Å². The average molecular weight is 262 g/mol. The predicted octanol–water partition coefficient (Wildman–Crippen LogP) is 2.59. The topological polar surface area (TPSA) is 24.1 Å². The highest BCUT2D eigenvalue weighted by Gasteiger charge is 2.63. The van der Waals surface area contributed by atoms with Gasteiger partial charge in [-0.2, -0.15) is 13.2 Å². The zero-order valence-corrected chi connectivity index (χ0v) is 10.5. The van der Waals surface area contributed by atoms with Gasteiger partial charge in [0.05, 0.1) is 0 Å². The van der Waals surface area contributed by atoms with E-state index < -0.39 is 11.7 Å². The number of nitrogens with one attached hydrogen (secondary N) is 2. The van der Waals surface area contributed by atoms with Gasteiger partial charge < -0.3 is 10.6 Å². The molecule has 1 saturated heterocycles. The Balaban J connectivity index is 1.50. The highest BCUT2D eigenvalue weighted by molar-refractivity contribution is 5.08. The van der Waals surface area contributed by atoms with Crippen LogP contribution in [0.1, 0.15) is 44.9 Å². The lowest BCUT2D eigenvalue weighted by atomic mass is 9.85. The molecule has 2 aliphatic carbocycles. The molecule has 2 N–H and O–H groups in total. The van der Waals surface area contributed by atoms with Crippen LogP contribution in [0.15, 0.2) is 0 Å². The number of alkyl halides is 3. The lowest BCUT2D eigenvalue weighted by Gasteiger charge is -2.24. The van der Waals surface area contributed by atoms with Crippen molar-refractivity contribution in [1.82, 2.24) is 10.6 Å². The molecule has 0 bridgehead atoms. The zero-order valence-electron chi connectivity index (χ0n) is 10.5. The minimum absolute atomic E-state index is 0.234. The minimum atomic E-state index is -4.08. The molecule has 0 amide bonds. The van der Waals surface area contributed by atoms with Gasteiger partial charge in [0.15, 0.2) is 0 Å². The van der Waals surface area contributed by atoms with E-state index in [0.29, 0.717) is 18.5 Å². The summed E-state index contributed by atoms with van der Waals surface area (Å²) in [5.74, 6) is 0.701. The van der Waals surface area contributed by atoms with E-state index in [9.17, 15) is 13.2 Å². The zero-order chi connectivity index (χ0) is 12.8. The molecule has 3 aliphatic rings. The fourth-order valence-electron chi connectivity index (χ4n) is 3.59. The standard InChI is InChI=1S/C13H21F3N2/c14-13(15,16)12(5-6-12)17-8-10-7-9-3-1-2-4-11(9)18-10/h9-11,17-18H,1-8H2. The molecule has 3 rings (SSSR count). The first-order valence-corrected chi connectivity index (χ1v) is 7.08. The molecule has 1 heterocycles. The summed E-state index contributed by atoms with van der Waals surface area (Å²) in [5, 5.41) is 6.29. The second-order valence-corrected chi connectivity index (χ2v) is 6.21. The van der Waals surface area contributed by atoms with Crippen molar-refractivity contribution in [3.05, 3.63) is 0 Å². The van der Waals surface area contributed by atoms with Crippen molar-refractivity contribution in [3.63, 3.8) is 0 Å².